The van der Waals surface area contributed by atoms with Crippen LogP contribution in [-0.4, -0.2) is 6.61 Å². The Labute approximate surface area is 124 Å². The molecule has 2 aromatic rings. The zero-order valence-electron chi connectivity index (χ0n) is 10.9. The van der Waals surface area contributed by atoms with Gasteiger partial charge < -0.3 is 10.1 Å². The minimum atomic E-state index is -0.503. The normalized spacial score (nSPS) is 10.4. The average Bonchev–Trinajstić information content (AvgIpc) is 2.42. The van der Waals surface area contributed by atoms with Gasteiger partial charge in [-0.05, 0) is 46.6 Å². The van der Waals surface area contributed by atoms with E-state index in [1.54, 1.807) is 0 Å². The van der Waals surface area contributed by atoms with Crippen molar-refractivity contribution >= 4 is 21.6 Å². The van der Waals surface area contributed by atoms with Gasteiger partial charge in [0.1, 0.15) is 17.4 Å². The van der Waals surface area contributed by atoms with Crippen LogP contribution in [-0.2, 0) is 6.54 Å². The minimum Gasteiger partial charge on any atom is -0.494 e. The highest BCUT2D eigenvalue weighted by atomic mass is 79.9. The first-order valence-corrected chi connectivity index (χ1v) is 6.99. The molecule has 2 rings (SSSR count). The highest BCUT2D eigenvalue weighted by molar-refractivity contribution is 9.10. The summed E-state index contributed by atoms with van der Waals surface area (Å²) < 4.78 is 32.5. The van der Waals surface area contributed by atoms with Crippen LogP contribution in [0.4, 0.5) is 14.5 Å². The van der Waals surface area contributed by atoms with Gasteiger partial charge in [0.2, 0.25) is 0 Å². The van der Waals surface area contributed by atoms with E-state index in [0.29, 0.717) is 13.2 Å². The number of halogens is 3. The molecule has 0 spiro atoms. The first kappa shape index (κ1) is 14.8. The predicted octanol–water partition coefficient (Wildman–Crippen LogP) is 4.74. The van der Waals surface area contributed by atoms with Crippen molar-refractivity contribution in [1.29, 1.82) is 0 Å². The molecule has 2 nitrogen and oxygen atoms in total. The van der Waals surface area contributed by atoms with Crippen LogP contribution >= 0.6 is 15.9 Å². The Balaban J connectivity index is 2.08. The van der Waals surface area contributed by atoms with Gasteiger partial charge in [-0.2, -0.15) is 0 Å². The lowest BCUT2D eigenvalue weighted by Crippen LogP contribution is -2.03. The zero-order chi connectivity index (χ0) is 14.5. The first-order valence-electron chi connectivity index (χ1n) is 6.20. The number of anilines is 1. The maximum atomic E-state index is 13.6. The average molecular weight is 342 g/mol. The summed E-state index contributed by atoms with van der Waals surface area (Å²) >= 11 is 2.94. The van der Waals surface area contributed by atoms with Gasteiger partial charge >= 0.3 is 0 Å². The molecule has 0 fully saturated rings. The molecule has 106 valence electrons. The fourth-order valence-electron chi connectivity index (χ4n) is 1.77. The van der Waals surface area contributed by atoms with Crippen LogP contribution in [0.25, 0.3) is 0 Å². The molecule has 1 N–H and O–H groups in total. The summed E-state index contributed by atoms with van der Waals surface area (Å²) in [5.74, 6) is -0.245. The van der Waals surface area contributed by atoms with E-state index in [1.807, 2.05) is 31.2 Å². The highest BCUT2D eigenvalue weighted by Crippen LogP contribution is 2.24. The third-order valence-electron chi connectivity index (χ3n) is 2.70. The monoisotopic (exact) mass is 341 g/mol. The number of benzene rings is 2. The summed E-state index contributed by atoms with van der Waals surface area (Å²) in [6.45, 7) is 2.88. The summed E-state index contributed by atoms with van der Waals surface area (Å²) in [5, 5.41) is 2.88. The molecule has 0 aliphatic heterocycles. The summed E-state index contributed by atoms with van der Waals surface area (Å²) in [6, 6.07) is 9.71. The van der Waals surface area contributed by atoms with Gasteiger partial charge in [-0.3, -0.25) is 0 Å². The smallest absolute Gasteiger partial charge is 0.147 e. The summed E-state index contributed by atoms with van der Waals surface area (Å²) in [7, 11) is 0. The third kappa shape index (κ3) is 3.70. The second-order valence-electron chi connectivity index (χ2n) is 4.18. The Hall–Kier alpha value is -1.62. The second kappa shape index (κ2) is 6.70. The van der Waals surface area contributed by atoms with E-state index in [9.17, 15) is 8.78 Å². The van der Waals surface area contributed by atoms with Gasteiger partial charge in [-0.25, -0.2) is 8.78 Å². The fourth-order valence-corrected chi connectivity index (χ4v) is 2.08. The van der Waals surface area contributed by atoms with Crippen molar-refractivity contribution in [2.24, 2.45) is 0 Å². The highest BCUT2D eigenvalue weighted by Gasteiger charge is 2.08. The van der Waals surface area contributed by atoms with E-state index >= 15 is 0 Å². The van der Waals surface area contributed by atoms with Crippen LogP contribution in [0, 0.1) is 11.6 Å². The van der Waals surface area contributed by atoms with Crippen LogP contribution in [0.15, 0.2) is 40.9 Å². The van der Waals surface area contributed by atoms with Crippen molar-refractivity contribution in [3.05, 3.63) is 58.1 Å². The largest absolute Gasteiger partial charge is 0.494 e. The maximum Gasteiger partial charge on any atom is 0.147 e. The quantitative estimate of drug-likeness (QED) is 0.793. The molecule has 0 heterocycles. The maximum absolute atomic E-state index is 13.6. The van der Waals surface area contributed by atoms with Crippen molar-refractivity contribution in [1.82, 2.24) is 0 Å². The van der Waals surface area contributed by atoms with Gasteiger partial charge in [0, 0.05) is 12.6 Å². The molecule has 5 heteroatoms. The molecule has 0 aromatic heterocycles. The number of hydrogen-bond acceptors (Lipinski definition) is 2. The standard InChI is InChI=1S/C15H14BrF2NO/c1-2-20-11-5-3-4-10(6-11)9-19-15-8-13(17)12(16)7-14(15)18/h3-8,19H,2,9H2,1H3. The second-order valence-corrected chi connectivity index (χ2v) is 5.03. The van der Waals surface area contributed by atoms with E-state index in [4.69, 9.17) is 4.74 Å². The molecule has 0 unspecified atom stereocenters. The third-order valence-corrected chi connectivity index (χ3v) is 3.31. The van der Waals surface area contributed by atoms with Crippen molar-refractivity contribution < 1.29 is 13.5 Å². The molecule has 0 aliphatic rings. The first-order chi connectivity index (χ1) is 9.60. The number of ether oxygens (including phenoxy) is 1. The molecule has 0 radical (unpaired) electrons. The Morgan fingerprint density at radius 3 is 2.70 bits per heavy atom. The molecule has 0 atom stereocenters. The van der Waals surface area contributed by atoms with Gasteiger partial charge in [0.15, 0.2) is 0 Å². The van der Waals surface area contributed by atoms with E-state index in [1.165, 1.54) is 0 Å². The van der Waals surface area contributed by atoms with Crippen LogP contribution < -0.4 is 10.1 Å². The summed E-state index contributed by atoms with van der Waals surface area (Å²) in [6.07, 6.45) is 0. The number of nitrogens with one attached hydrogen (secondary N) is 1. The predicted molar refractivity (Wildman–Crippen MR) is 79.0 cm³/mol. The zero-order valence-corrected chi connectivity index (χ0v) is 12.5. The van der Waals surface area contributed by atoms with Crippen molar-refractivity contribution in [2.45, 2.75) is 13.5 Å². The van der Waals surface area contributed by atoms with Crippen molar-refractivity contribution in [2.75, 3.05) is 11.9 Å². The van der Waals surface area contributed by atoms with E-state index < -0.39 is 11.6 Å². The fraction of sp³-hybridized carbons (Fsp3) is 0.200. The molecule has 0 amide bonds. The molecular formula is C15H14BrF2NO. The number of hydrogen-bond donors (Lipinski definition) is 1. The Morgan fingerprint density at radius 1 is 1.15 bits per heavy atom. The van der Waals surface area contributed by atoms with Crippen molar-refractivity contribution in [3.63, 3.8) is 0 Å². The molecule has 0 bridgehead atoms. The van der Waals surface area contributed by atoms with E-state index in [2.05, 4.69) is 21.2 Å². The van der Waals surface area contributed by atoms with Gasteiger partial charge in [0.05, 0.1) is 16.8 Å². The van der Waals surface area contributed by atoms with E-state index in [0.717, 1.165) is 23.4 Å². The number of rotatable bonds is 5. The minimum absolute atomic E-state index is 0.110. The topological polar surface area (TPSA) is 21.3 Å². The Kier molecular flexibility index (Phi) is 4.95. The Bertz CT molecular complexity index is 604. The van der Waals surface area contributed by atoms with Crippen LogP contribution in [0.1, 0.15) is 12.5 Å². The van der Waals surface area contributed by atoms with Crippen molar-refractivity contribution in [3.8, 4) is 5.75 Å². The molecule has 0 aliphatic carbocycles. The van der Waals surface area contributed by atoms with Gasteiger partial charge in [-0.1, -0.05) is 12.1 Å². The molecule has 0 saturated carbocycles. The van der Waals surface area contributed by atoms with E-state index in [-0.39, 0.29) is 10.2 Å². The molecule has 2 aromatic carbocycles. The SMILES string of the molecule is CCOc1cccc(CNc2cc(F)c(Br)cc2F)c1. The lowest BCUT2D eigenvalue weighted by atomic mass is 10.2. The Morgan fingerprint density at radius 2 is 1.95 bits per heavy atom. The van der Waals surface area contributed by atoms with Crippen LogP contribution in [0.2, 0.25) is 0 Å². The van der Waals surface area contributed by atoms with Gasteiger partial charge in [-0.15, -0.1) is 0 Å². The molecule has 20 heavy (non-hydrogen) atoms. The van der Waals surface area contributed by atoms with Crippen LogP contribution in [0.3, 0.4) is 0 Å². The summed E-state index contributed by atoms with van der Waals surface area (Å²) in [4.78, 5) is 0. The lowest BCUT2D eigenvalue weighted by molar-refractivity contribution is 0.340. The summed E-state index contributed by atoms with van der Waals surface area (Å²) in [5.41, 5.74) is 1.06. The lowest BCUT2D eigenvalue weighted by Gasteiger charge is -2.10. The van der Waals surface area contributed by atoms with Gasteiger partial charge in [0.25, 0.3) is 0 Å². The van der Waals surface area contributed by atoms with Crippen LogP contribution in [0.5, 0.6) is 5.75 Å². The molecule has 0 saturated heterocycles. The molecular weight excluding hydrogens is 328 g/mol.